The number of nitrogens with one attached hydrogen (secondary N) is 1. The number of hydrogen-bond donors (Lipinski definition) is 1. The Kier molecular flexibility index (Phi) is 6.20. The fourth-order valence-electron chi connectivity index (χ4n) is 2.30. The third kappa shape index (κ3) is 6.04. The first-order valence-corrected chi connectivity index (χ1v) is 7.86. The van der Waals surface area contributed by atoms with Crippen molar-refractivity contribution in [3.8, 4) is 0 Å². The average molecular weight is 298 g/mol. The lowest BCUT2D eigenvalue weighted by atomic mass is 10.1. The summed E-state index contributed by atoms with van der Waals surface area (Å²) in [4.78, 5) is 26.2. The Labute approximate surface area is 128 Å². The van der Waals surface area contributed by atoms with E-state index < -0.39 is 5.60 Å². The zero-order valence-corrected chi connectivity index (χ0v) is 14.2. The van der Waals surface area contributed by atoms with Gasteiger partial charge in [0.15, 0.2) is 0 Å². The van der Waals surface area contributed by atoms with Crippen LogP contribution in [0.15, 0.2) is 0 Å². The van der Waals surface area contributed by atoms with E-state index in [1.165, 1.54) is 0 Å². The minimum absolute atomic E-state index is 0.0216. The molecule has 1 amide bonds. The fourth-order valence-corrected chi connectivity index (χ4v) is 2.30. The Balaban J connectivity index is 2.54. The van der Waals surface area contributed by atoms with Crippen LogP contribution in [0.2, 0.25) is 0 Å². The van der Waals surface area contributed by atoms with Gasteiger partial charge in [0.25, 0.3) is 0 Å². The van der Waals surface area contributed by atoms with Crippen molar-refractivity contribution in [2.24, 2.45) is 5.92 Å². The van der Waals surface area contributed by atoms with E-state index in [1.54, 1.807) is 0 Å². The first-order valence-electron chi connectivity index (χ1n) is 7.86. The zero-order chi connectivity index (χ0) is 16.2. The Hall–Kier alpha value is -1.10. The summed E-state index contributed by atoms with van der Waals surface area (Å²) in [5, 5.41) is 2.98. The van der Waals surface area contributed by atoms with Gasteiger partial charge in [0.05, 0.1) is 6.54 Å². The molecule has 5 nitrogen and oxygen atoms in total. The first kappa shape index (κ1) is 18.0. The summed E-state index contributed by atoms with van der Waals surface area (Å²) in [6, 6.07) is -0.149. The molecule has 0 aliphatic carbocycles. The Bertz CT molecular complexity index is 374. The van der Waals surface area contributed by atoms with Crippen LogP contribution in [0, 0.1) is 5.92 Å². The number of rotatable bonds is 5. The topological polar surface area (TPSA) is 58.6 Å². The van der Waals surface area contributed by atoms with Crippen molar-refractivity contribution in [3.63, 3.8) is 0 Å². The molecule has 1 saturated heterocycles. The lowest BCUT2D eigenvalue weighted by Gasteiger charge is -2.27. The summed E-state index contributed by atoms with van der Waals surface area (Å²) in [5.41, 5.74) is -0.486. The van der Waals surface area contributed by atoms with Crippen molar-refractivity contribution in [1.82, 2.24) is 10.2 Å². The molecule has 21 heavy (non-hydrogen) atoms. The SMILES string of the molecule is CC(C)C(C)NC(=O)CN1CCC[C@@H]1C(=O)OC(C)(C)C. The van der Waals surface area contributed by atoms with Crippen LogP contribution >= 0.6 is 0 Å². The number of nitrogens with zero attached hydrogens (tertiary/aromatic N) is 1. The second-order valence-electron chi connectivity index (χ2n) is 7.26. The molecule has 1 rings (SSSR count). The molecule has 1 heterocycles. The van der Waals surface area contributed by atoms with Gasteiger partial charge in [0.1, 0.15) is 11.6 Å². The molecule has 2 atom stereocenters. The van der Waals surface area contributed by atoms with Gasteiger partial charge in [-0.05, 0) is 53.0 Å². The minimum atomic E-state index is -0.486. The number of likely N-dealkylation sites (tertiary alicyclic amines) is 1. The van der Waals surface area contributed by atoms with E-state index in [0.717, 1.165) is 19.4 Å². The minimum Gasteiger partial charge on any atom is -0.459 e. The third-order valence-corrected chi connectivity index (χ3v) is 3.78. The van der Waals surface area contributed by atoms with Crippen molar-refractivity contribution in [1.29, 1.82) is 0 Å². The number of carbonyl (C=O) groups is 2. The summed E-state index contributed by atoms with van der Waals surface area (Å²) in [6.07, 6.45) is 1.69. The highest BCUT2D eigenvalue weighted by Gasteiger charge is 2.35. The van der Waals surface area contributed by atoms with Gasteiger partial charge in [-0.1, -0.05) is 13.8 Å². The summed E-state index contributed by atoms with van der Waals surface area (Å²) >= 11 is 0. The molecule has 5 heteroatoms. The lowest BCUT2D eigenvalue weighted by molar-refractivity contribution is -0.160. The summed E-state index contributed by atoms with van der Waals surface area (Å²) in [7, 11) is 0. The maximum atomic E-state index is 12.2. The number of hydrogen-bond acceptors (Lipinski definition) is 4. The van der Waals surface area contributed by atoms with E-state index in [0.29, 0.717) is 5.92 Å². The van der Waals surface area contributed by atoms with Crippen LogP contribution in [0.3, 0.4) is 0 Å². The van der Waals surface area contributed by atoms with E-state index in [-0.39, 0.29) is 30.5 Å². The van der Waals surface area contributed by atoms with Crippen molar-refractivity contribution < 1.29 is 14.3 Å². The second-order valence-corrected chi connectivity index (χ2v) is 7.26. The van der Waals surface area contributed by atoms with Crippen molar-refractivity contribution in [3.05, 3.63) is 0 Å². The van der Waals surface area contributed by atoms with Crippen LogP contribution < -0.4 is 5.32 Å². The van der Waals surface area contributed by atoms with Crippen molar-refractivity contribution >= 4 is 11.9 Å². The molecule has 1 unspecified atom stereocenters. The molecule has 0 spiro atoms. The van der Waals surface area contributed by atoms with Crippen LogP contribution in [0.25, 0.3) is 0 Å². The average Bonchev–Trinajstić information content (AvgIpc) is 2.74. The van der Waals surface area contributed by atoms with Crippen molar-refractivity contribution in [2.45, 2.75) is 72.1 Å². The lowest BCUT2D eigenvalue weighted by Crippen LogP contribution is -2.47. The van der Waals surface area contributed by atoms with Gasteiger partial charge in [-0.25, -0.2) is 0 Å². The monoisotopic (exact) mass is 298 g/mol. The van der Waals surface area contributed by atoms with Crippen LogP contribution in [-0.2, 0) is 14.3 Å². The highest BCUT2D eigenvalue weighted by Crippen LogP contribution is 2.20. The molecular weight excluding hydrogens is 268 g/mol. The van der Waals surface area contributed by atoms with Crippen LogP contribution in [-0.4, -0.2) is 47.6 Å². The molecular formula is C16H30N2O3. The van der Waals surface area contributed by atoms with Crippen LogP contribution in [0.1, 0.15) is 54.4 Å². The van der Waals surface area contributed by atoms with E-state index >= 15 is 0 Å². The quantitative estimate of drug-likeness (QED) is 0.788. The zero-order valence-electron chi connectivity index (χ0n) is 14.2. The summed E-state index contributed by atoms with van der Waals surface area (Å²) in [5.74, 6) is 0.158. The smallest absolute Gasteiger partial charge is 0.323 e. The van der Waals surface area contributed by atoms with E-state index in [1.807, 2.05) is 32.6 Å². The molecule has 0 bridgehead atoms. The predicted molar refractivity (Wildman–Crippen MR) is 82.9 cm³/mol. The van der Waals surface area contributed by atoms with E-state index in [4.69, 9.17) is 4.74 Å². The summed E-state index contributed by atoms with van der Waals surface area (Å²) in [6.45, 7) is 12.8. The highest BCUT2D eigenvalue weighted by atomic mass is 16.6. The Morgan fingerprint density at radius 1 is 1.29 bits per heavy atom. The van der Waals surface area contributed by atoms with E-state index in [2.05, 4.69) is 19.2 Å². The predicted octanol–water partition coefficient (Wildman–Crippen LogP) is 1.95. The molecule has 0 saturated carbocycles. The largest absolute Gasteiger partial charge is 0.459 e. The Morgan fingerprint density at radius 2 is 1.90 bits per heavy atom. The highest BCUT2D eigenvalue weighted by molar-refractivity contribution is 5.81. The number of ether oxygens (including phenoxy) is 1. The Morgan fingerprint density at radius 3 is 2.43 bits per heavy atom. The molecule has 0 aromatic heterocycles. The molecule has 122 valence electrons. The van der Waals surface area contributed by atoms with Gasteiger partial charge >= 0.3 is 5.97 Å². The summed E-state index contributed by atoms with van der Waals surface area (Å²) < 4.78 is 5.44. The fraction of sp³-hybridized carbons (Fsp3) is 0.875. The molecule has 1 fully saturated rings. The molecule has 1 aliphatic rings. The second kappa shape index (κ2) is 7.25. The van der Waals surface area contributed by atoms with Crippen LogP contribution in [0.5, 0.6) is 0 Å². The molecule has 1 N–H and O–H groups in total. The van der Waals surface area contributed by atoms with Gasteiger partial charge in [0.2, 0.25) is 5.91 Å². The number of carbonyl (C=O) groups excluding carboxylic acids is 2. The van der Waals surface area contributed by atoms with Gasteiger partial charge in [0, 0.05) is 6.04 Å². The maximum Gasteiger partial charge on any atom is 0.323 e. The van der Waals surface area contributed by atoms with Gasteiger partial charge in [-0.2, -0.15) is 0 Å². The number of amides is 1. The van der Waals surface area contributed by atoms with Crippen LogP contribution in [0.4, 0.5) is 0 Å². The third-order valence-electron chi connectivity index (χ3n) is 3.78. The molecule has 0 radical (unpaired) electrons. The standard InChI is InChI=1S/C16H30N2O3/c1-11(2)12(3)17-14(19)10-18-9-7-8-13(18)15(20)21-16(4,5)6/h11-13H,7-10H2,1-6H3,(H,17,19)/t12?,13-/m1/s1. The maximum absolute atomic E-state index is 12.2. The van der Waals surface area contributed by atoms with Gasteiger partial charge < -0.3 is 10.1 Å². The molecule has 0 aromatic carbocycles. The van der Waals surface area contributed by atoms with Gasteiger partial charge in [-0.3, -0.25) is 14.5 Å². The number of esters is 1. The van der Waals surface area contributed by atoms with Gasteiger partial charge in [-0.15, -0.1) is 0 Å². The van der Waals surface area contributed by atoms with Crippen molar-refractivity contribution in [2.75, 3.05) is 13.1 Å². The molecule has 0 aromatic rings. The normalized spacial score (nSPS) is 21.4. The first-order chi connectivity index (χ1) is 9.60. The molecule has 1 aliphatic heterocycles. The van der Waals surface area contributed by atoms with E-state index in [9.17, 15) is 9.59 Å².